The van der Waals surface area contributed by atoms with Crippen LogP contribution in [-0.2, 0) is 6.18 Å². The quantitative estimate of drug-likeness (QED) is 0.0833. The number of para-hydroxylation sites is 1. The molecule has 0 saturated heterocycles. The third-order valence-electron chi connectivity index (χ3n) is 6.31. The second-order valence-electron chi connectivity index (χ2n) is 9.22. The Bertz CT molecular complexity index is 1870. The van der Waals surface area contributed by atoms with Gasteiger partial charge in [0.05, 0.1) is 22.9 Å². The molecule has 0 atom stereocenters. The predicted octanol–water partition coefficient (Wildman–Crippen LogP) is 8.56. The number of hydrogen-bond donors (Lipinski definition) is 2. The Labute approximate surface area is 251 Å². The van der Waals surface area contributed by atoms with Gasteiger partial charge in [0.15, 0.2) is 0 Å². The number of carbonyl (C=O) groups excluding carboxylic acids is 2. The first-order valence-electron chi connectivity index (χ1n) is 12.4. The fourth-order valence-corrected chi connectivity index (χ4v) is 5.04. The van der Waals surface area contributed by atoms with Crippen molar-refractivity contribution in [1.82, 2.24) is 10.4 Å². The lowest BCUT2D eigenvalue weighted by atomic mass is 10.00. The molecular weight excluding hydrogens is 635 g/mol. The standard InChI is InChI=1S/C31H20BrClF3N3O3/c1-17-6-4-7-18(14-17)30(41)42-25-13-12-20(32)15-19(25)16-37-39-29(40)28-26(21-8-2-3-11-24(21)33)22-9-5-10-23(27(22)38-28)31(34,35)36/h2-16,38H,1H3,(H,39,40). The number of esters is 1. The molecule has 1 heterocycles. The molecule has 11 heteroatoms. The molecule has 1 aromatic heterocycles. The zero-order valence-corrected chi connectivity index (χ0v) is 24.1. The van der Waals surface area contributed by atoms with Crippen LogP contribution in [0.1, 0.15) is 37.5 Å². The number of nitrogens with zero attached hydrogens (tertiary/aromatic N) is 1. The van der Waals surface area contributed by atoms with Crippen molar-refractivity contribution in [2.45, 2.75) is 13.1 Å². The van der Waals surface area contributed by atoms with Crippen molar-refractivity contribution in [1.29, 1.82) is 0 Å². The predicted molar refractivity (Wildman–Crippen MR) is 159 cm³/mol. The maximum atomic E-state index is 13.8. The highest BCUT2D eigenvalue weighted by molar-refractivity contribution is 9.10. The van der Waals surface area contributed by atoms with Gasteiger partial charge in [-0.05, 0) is 49.4 Å². The van der Waals surface area contributed by atoms with E-state index in [9.17, 15) is 22.8 Å². The van der Waals surface area contributed by atoms with Crippen LogP contribution in [0, 0.1) is 6.92 Å². The molecular formula is C31H20BrClF3N3O3. The maximum absolute atomic E-state index is 13.8. The summed E-state index contributed by atoms with van der Waals surface area (Å²) in [6, 6.07) is 22.0. The number of H-pyrrole nitrogens is 1. The number of ether oxygens (including phenoxy) is 1. The first-order chi connectivity index (χ1) is 20.0. The minimum atomic E-state index is -4.67. The highest BCUT2D eigenvalue weighted by Gasteiger charge is 2.35. The Morgan fingerprint density at radius 3 is 2.50 bits per heavy atom. The Morgan fingerprint density at radius 1 is 1.00 bits per heavy atom. The molecule has 212 valence electrons. The molecule has 0 aliphatic heterocycles. The van der Waals surface area contributed by atoms with Gasteiger partial charge < -0.3 is 9.72 Å². The molecule has 0 unspecified atom stereocenters. The van der Waals surface area contributed by atoms with Crippen molar-refractivity contribution in [3.05, 3.63) is 122 Å². The maximum Gasteiger partial charge on any atom is 0.418 e. The molecule has 4 aromatic carbocycles. The Hall–Kier alpha value is -4.41. The van der Waals surface area contributed by atoms with E-state index in [1.807, 2.05) is 13.0 Å². The van der Waals surface area contributed by atoms with Crippen LogP contribution in [-0.4, -0.2) is 23.1 Å². The molecule has 0 saturated carbocycles. The van der Waals surface area contributed by atoms with Crippen LogP contribution in [0.4, 0.5) is 13.2 Å². The van der Waals surface area contributed by atoms with E-state index in [0.717, 1.165) is 11.6 Å². The normalized spacial score (nSPS) is 11.7. The van der Waals surface area contributed by atoms with Gasteiger partial charge in [0, 0.05) is 31.6 Å². The Balaban J connectivity index is 1.48. The van der Waals surface area contributed by atoms with Gasteiger partial charge in [-0.15, -0.1) is 0 Å². The summed E-state index contributed by atoms with van der Waals surface area (Å²) in [4.78, 5) is 28.7. The smallest absolute Gasteiger partial charge is 0.418 e. The van der Waals surface area contributed by atoms with Gasteiger partial charge in [-0.25, -0.2) is 10.2 Å². The highest BCUT2D eigenvalue weighted by Crippen LogP contribution is 2.41. The van der Waals surface area contributed by atoms with Gasteiger partial charge in [-0.1, -0.05) is 75.6 Å². The number of fused-ring (bicyclic) bond motifs is 1. The number of aryl methyl sites for hydroxylation is 1. The topological polar surface area (TPSA) is 83.5 Å². The summed E-state index contributed by atoms with van der Waals surface area (Å²) < 4.78 is 47.7. The van der Waals surface area contributed by atoms with Gasteiger partial charge in [-0.2, -0.15) is 18.3 Å². The molecule has 6 nitrogen and oxygen atoms in total. The number of carbonyl (C=O) groups is 2. The lowest BCUT2D eigenvalue weighted by Gasteiger charge is -2.09. The number of rotatable bonds is 6. The number of nitrogens with one attached hydrogen (secondary N) is 2. The van der Waals surface area contributed by atoms with E-state index in [1.165, 1.54) is 18.3 Å². The molecule has 5 aromatic rings. The molecule has 1 amide bonds. The Kier molecular flexibility index (Phi) is 8.20. The van der Waals surface area contributed by atoms with E-state index in [1.54, 1.807) is 60.7 Å². The van der Waals surface area contributed by atoms with Gasteiger partial charge in [0.25, 0.3) is 5.91 Å². The fraction of sp³-hybridized carbons (Fsp3) is 0.0645. The monoisotopic (exact) mass is 653 g/mol. The molecule has 5 rings (SSSR count). The zero-order chi connectivity index (χ0) is 30.0. The number of benzene rings is 4. The third kappa shape index (κ3) is 6.09. The van der Waals surface area contributed by atoms with Crippen LogP contribution in [0.15, 0.2) is 94.5 Å². The average Bonchev–Trinajstić information content (AvgIpc) is 3.33. The van der Waals surface area contributed by atoms with E-state index in [4.69, 9.17) is 16.3 Å². The van der Waals surface area contributed by atoms with Crippen molar-refractivity contribution in [2.75, 3.05) is 0 Å². The summed E-state index contributed by atoms with van der Waals surface area (Å²) in [7, 11) is 0. The third-order valence-corrected chi connectivity index (χ3v) is 7.13. The summed E-state index contributed by atoms with van der Waals surface area (Å²) in [6.07, 6.45) is -3.40. The molecule has 0 spiro atoms. The van der Waals surface area contributed by atoms with Crippen molar-refractivity contribution in [3.63, 3.8) is 0 Å². The minimum absolute atomic E-state index is 0.160. The van der Waals surface area contributed by atoms with E-state index >= 15 is 0 Å². The van der Waals surface area contributed by atoms with Crippen molar-refractivity contribution in [3.8, 4) is 16.9 Å². The SMILES string of the molecule is Cc1cccc(C(=O)Oc2ccc(Br)cc2C=NNC(=O)c2[nH]c3c(C(F)(F)F)cccc3c2-c2ccccc2Cl)c1. The summed E-state index contributed by atoms with van der Waals surface area (Å²) in [5.41, 5.74) is 3.18. The van der Waals surface area contributed by atoms with Gasteiger partial charge in [0.2, 0.25) is 0 Å². The summed E-state index contributed by atoms with van der Waals surface area (Å²) >= 11 is 9.75. The molecule has 0 fully saturated rings. The summed E-state index contributed by atoms with van der Waals surface area (Å²) in [5, 5.41) is 4.42. The molecule has 2 N–H and O–H groups in total. The number of halogens is 5. The van der Waals surface area contributed by atoms with Crippen molar-refractivity contribution < 1.29 is 27.5 Å². The number of alkyl halides is 3. The van der Waals surface area contributed by atoms with Gasteiger partial charge in [0.1, 0.15) is 11.4 Å². The van der Waals surface area contributed by atoms with Crippen molar-refractivity contribution in [2.24, 2.45) is 5.10 Å². The zero-order valence-electron chi connectivity index (χ0n) is 21.7. The fourth-order valence-electron chi connectivity index (χ4n) is 4.43. The van der Waals surface area contributed by atoms with E-state index < -0.39 is 23.6 Å². The molecule has 0 aliphatic rings. The van der Waals surface area contributed by atoms with Crippen LogP contribution < -0.4 is 10.2 Å². The highest BCUT2D eigenvalue weighted by atomic mass is 79.9. The number of hydrazone groups is 1. The molecule has 42 heavy (non-hydrogen) atoms. The van der Waals surface area contributed by atoms with Gasteiger partial charge in [-0.3, -0.25) is 4.79 Å². The van der Waals surface area contributed by atoms with E-state index in [-0.39, 0.29) is 32.9 Å². The Morgan fingerprint density at radius 2 is 1.76 bits per heavy atom. The van der Waals surface area contributed by atoms with Crippen LogP contribution in [0.2, 0.25) is 5.02 Å². The van der Waals surface area contributed by atoms with Crippen LogP contribution in [0.5, 0.6) is 5.75 Å². The van der Waals surface area contributed by atoms with Gasteiger partial charge >= 0.3 is 12.1 Å². The second-order valence-corrected chi connectivity index (χ2v) is 10.5. The number of aromatic nitrogens is 1. The minimum Gasteiger partial charge on any atom is -0.422 e. The number of hydrogen-bond acceptors (Lipinski definition) is 4. The van der Waals surface area contributed by atoms with Crippen LogP contribution in [0.25, 0.3) is 22.0 Å². The second kappa shape index (κ2) is 11.8. The summed E-state index contributed by atoms with van der Waals surface area (Å²) in [5.74, 6) is -1.21. The number of amides is 1. The molecule has 0 bridgehead atoms. The lowest BCUT2D eigenvalue weighted by molar-refractivity contribution is -0.136. The van der Waals surface area contributed by atoms with E-state index in [2.05, 4.69) is 31.4 Å². The van der Waals surface area contributed by atoms with E-state index in [0.29, 0.717) is 21.2 Å². The van der Waals surface area contributed by atoms with Crippen molar-refractivity contribution >= 4 is 56.5 Å². The van der Waals surface area contributed by atoms with Crippen LogP contribution in [0.3, 0.4) is 0 Å². The first-order valence-corrected chi connectivity index (χ1v) is 13.6. The average molecular weight is 655 g/mol. The molecule has 0 radical (unpaired) electrons. The number of aromatic amines is 1. The lowest BCUT2D eigenvalue weighted by Crippen LogP contribution is -2.19. The molecule has 0 aliphatic carbocycles. The van der Waals surface area contributed by atoms with Crippen LogP contribution >= 0.6 is 27.5 Å². The first kappa shape index (κ1) is 29.1. The summed E-state index contributed by atoms with van der Waals surface area (Å²) in [6.45, 7) is 1.85. The largest absolute Gasteiger partial charge is 0.422 e.